The molecule has 1 atom stereocenters. The van der Waals surface area contributed by atoms with E-state index in [1.54, 1.807) is 19.5 Å². The van der Waals surface area contributed by atoms with Crippen molar-refractivity contribution in [1.29, 1.82) is 0 Å². The summed E-state index contributed by atoms with van der Waals surface area (Å²) < 4.78 is 34.4. The maximum Gasteiger partial charge on any atom is 0.212 e. The third kappa shape index (κ3) is 4.56. The molecule has 2 aromatic rings. The molecule has 0 radical (unpaired) electrons. The monoisotopic (exact) mass is 337 g/mol. The molecule has 1 aromatic heterocycles. The molecule has 23 heavy (non-hydrogen) atoms. The molecule has 0 fully saturated rings. The molecule has 0 amide bonds. The van der Waals surface area contributed by atoms with Crippen LogP contribution in [-0.2, 0) is 17.1 Å². The molecule has 1 heterocycles. The van der Waals surface area contributed by atoms with Gasteiger partial charge in [0.15, 0.2) is 0 Å². The van der Waals surface area contributed by atoms with Crippen molar-refractivity contribution in [2.75, 3.05) is 12.9 Å². The van der Waals surface area contributed by atoms with Crippen molar-refractivity contribution in [2.24, 2.45) is 7.05 Å². The SMILES string of the molecule is CCCCS(=O)(=O)N[C@@H](c1ccc(OC)cc1)c1nccn1C. The Morgan fingerprint density at radius 1 is 1.30 bits per heavy atom. The Balaban J connectivity index is 2.34. The van der Waals surface area contributed by atoms with Crippen LogP contribution in [0.3, 0.4) is 0 Å². The van der Waals surface area contributed by atoms with Gasteiger partial charge in [0.25, 0.3) is 0 Å². The lowest BCUT2D eigenvalue weighted by Crippen LogP contribution is -2.32. The topological polar surface area (TPSA) is 73.2 Å². The minimum atomic E-state index is -3.38. The van der Waals surface area contributed by atoms with Crippen LogP contribution in [0.5, 0.6) is 5.75 Å². The Morgan fingerprint density at radius 2 is 2.00 bits per heavy atom. The van der Waals surface area contributed by atoms with Crippen molar-refractivity contribution in [3.8, 4) is 5.75 Å². The highest BCUT2D eigenvalue weighted by Crippen LogP contribution is 2.24. The number of unbranched alkanes of at least 4 members (excludes halogenated alkanes) is 1. The first kappa shape index (κ1) is 17.5. The van der Waals surface area contributed by atoms with E-state index in [-0.39, 0.29) is 5.75 Å². The van der Waals surface area contributed by atoms with Gasteiger partial charge in [0, 0.05) is 19.4 Å². The third-order valence-corrected chi connectivity index (χ3v) is 5.05. The van der Waals surface area contributed by atoms with E-state index in [1.165, 1.54) is 0 Å². The summed E-state index contributed by atoms with van der Waals surface area (Å²) in [6.07, 6.45) is 4.92. The average Bonchev–Trinajstić information content (AvgIpc) is 2.97. The highest BCUT2D eigenvalue weighted by molar-refractivity contribution is 7.89. The van der Waals surface area contributed by atoms with Crippen molar-refractivity contribution in [3.05, 3.63) is 48.0 Å². The molecule has 1 N–H and O–H groups in total. The number of nitrogens with zero attached hydrogens (tertiary/aromatic N) is 2. The molecular formula is C16H23N3O3S. The summed E-state index contributed by atoms with van der Waals surface area (Å²) in [5.74, 6) is 1.48. The summed E-state index contributed by atoms with van der Waals surface area (Å²) in [4.78, 5) is 4.30. The van der Waals surface area contributed by atoms with Gasteiger partial charge < -0.3 is 9.30 Å². The maximum atomic E-state index is 12.3. The molecule has 0 aliphatic rings. The molecule has 0 spiro atoms. The first-order chi connectivity index (χ1) is 11.0. The zero-order valence-electron chi connectivity index (χ0n) is 13.7. The molecule has 0 aliphatic carbocycles. The number of rotatable bonds is 8. The van der Waals surface area contributed by atoms with Gasteiger partial charge in [0.1, 0.15) is 17.6 Å². The van der Waals surface area contributed by atoms with Gasteiger partial charge in [-0.15, -0.1) is 0 Å². The molecule has 126 valence electrons. The Bertz CT molecular complexity index is 723. The molecule has 0 aliphatic heterocycles. The lowest BCUT2D eigenvalue weighted by Gasteiger charge is -2.19. The second-order valence-electron chi connectivity index (χ2n) is 5.39. The minimum absolute atomic E-state index is 0.112. The van der Waals surface area contributed by atoms with Gasteiger partial charge in [-0.3, -0.25) is 0 Å². The van der Waals surface area contributed by atoms with Crippen molar-refractivity contribution in [2.45, 2.75) is 25.8 Å². The van der Waals surface area contributed by atoms with Crippen LogP contribution >= 0.6 is 0 Å². The van der Waals surface area contributed by atoms with Gasteiger partial charge in [0.05, 0.1) is 12.9 Å². The second-order valence-corrected chi connectivity index (χ2v) is 7.27. The number of nitrogens with one attached hydrogen (secondary N) is 1. The van der Waals surface area contributed by atoms with E-state index in [1.807, 2.05) is 42.8 Å². The van der Waals surface area contributed by atoms with Crippen LogP contribution in [0.1, 0.15) is 37.2 Å². The number of imidazole rings is 1. The van der Waals surface area contributed by atoms with Gasteiger partial charge >= 0.3 is 0 Å². The first-order valence-electron chi connectivity index (χ1n) is 7.58. The fraction of sp³-hybridized carbons (Fsp3) is 0.438. The van der Waals surface area contributed by atoms with Crippen LogP contribution in [0.25, 0.3) is 0 Å². The van der Waals surface area contributed by atoms with Crippen molar-refractivity contribution < 1.29 is 13.2 Å². The van der Waals surface area contributed by atoms with Gasteiger partial charge in [0.2, 0.25) is 10.0 Å². The van der Waals surface area contributed by atoms with E-state index < -0.39 is 16.1 Å². The number of hydrogen-bond acceptors (Lipinski definition) is 4. The molecular weight excluding hydrogens is 314 g/mol. The molecule has 1 aromatic carbocycles. The normalized spacial score (nSPS) is 13.0. The van der Waals surface area contributed by atoms with E-state index in [2.05, 4.69) is 9.71 Å². The number of ether oxygens (including phenoxy) is 1. The minimum Gasteiger partial charge on any atom is -0.497 e. The summed E-state index contributed by atoms with van der Waals surface area (Å²) in [6.45, 7) is 1.97. The molecule has 2 rings (SSSR count). The van der Waals surface area contributed by atoms with Crippen molar-refractivity contribution in [1.82, 2.24) is 14.3 Å². The van der Waals surface area contributed by atoms with E-state index in [4.69, 9.17) is 4.74 Å². The lowest BCUT2D eigenvalue weighted by atomic mass is 10.1. The standard InChI is InChI=1S/C16H23N3O3S/c1-4-5-12-23(20,21)18-15(16-17-10-11-19(16)2)13-6-8-14(22-3)9-7-13/h6-11,15,18H,4-5,12H2,1-3H3/t15-/m0/s1. The molecule has 0 saturated carbocycles. The van der Waals surface area contributed by atoms with Crippen LogP contribution in [0.15, 0.2) is 36.7 Å². The van der Waals surface area contributed by atoms with Crippen LogP contribution in [0.2, 0.25) is 0 Å². The zero-order chi connectivity index (χ0) is 16.9. The van der Waals surface area contributed by atoms with Gasteiger partial charge in [-0.2, -0.15) is 0 Å². The molecule has 6 nitrogen and oxygen atoms in total. The quantitative estimate of drug-likeness (QED) is 0.802. The number of aromatic nitrogens is 2. The Labute approximate surface area is 137 Å². The van der Waals surface area contributed by atoms with Crippen LogP contribution in [0.4, 0.5) is 0 Å². The summed E-state index contributed by atoms with van der Waals surface area (Å²) in [6, 6.07) is 6.79. The second kappa shape index (κ2) is 7.61. The number of hydrogen-bond donors (Lipinski definition) is 1. The maximum absolute atomic E-state index is 12.3. The molecule has 0 saturated heterocycles. The Kier molecular flexibility index (Phi) is 5.79. The van der Waals surface area contributed by atoms with E-state index in [9.17, 15) is 8.42 Å². The van der Waals surface area contributed by atoms with Gasteiger partial charge in [-0.25, -0.2) is 18.1 Å². The molecule has 7 heteroatoms. The van der Waals surface area contributed by atoms with Crippen LogP contribution < -0.4 is 9.46 Å². The first-order valence-corrected chi connectivity index (χ1v) is 9.23. The van der Waals surface area contributed by atoms with E-state index in [0.717, 1.165) is 17.7 Å². The predicted molar refractivity (Wildman–Crippen MR) is 89.9 cm³/mol. The average molecular weight is 337 g/mol. The lowest BCUT2D eigenvalue weighted by molar-refractivity contribution is 0.414. The van der Waals surface area contributed by atoms with Crippen molar-refractivity contribution >= 4 is 10.0 Å². The van der Waals surface area contributed by atoms with Gasteiger partial charge in [-0.1, -0.05) is 25.5 Å². The van der Waals surface area contributed by atoms with E-state index in [0.29, 0.717) is 12.2 Å². The number of methoxy groups -OCH3 is 1. The fourth-order valence-corrected chi connectivity index (χ4v) is 3.68. The zero-order valence-corrected chi connectivity index (χ0v) is 14.5. The number of sulfonamides is 1. The van der Waals surface area contributed by atoms with Gasteiger partial charge in [-0.05, 0) is 24.1 Å². The highest BCUT2D eigenvalue weighted by Gasteiger charge is 2.24. The smallest absolute Gasteiger partial charge is 0.212 e. The van der Waals surface area contributed by atoms with E-state index >= 15 is 0 Å². The largest absolute Gasteiger partial charge is 0.497 e. The highest BCUT2D eigenvalue weighted by atomic mass is 32.2. The third-order valence-electron chi connectivity index (χ3n) is 3.63. The summed E-state index contributed by atoms with van der Waals surface area (Å²) in [5, 5.41) is 0. The molecule has 0 unspecified atom stereocenters. The Morgan fingerprint density at radius 3 is 2.52 bits per heavy atom. The Hall–Kier alpha value is -1.86. The summed E-state index contributed by atoms with van der Waals surface area (Å²) >= 11 is 0. The fourth-order valence-electron chi connectivity index (χ4n) is 2.29. The molecule has 0 bridgehead atoms. The van der Waals surface area contributed by atoms with Crippen molar-refractivity contribution in [3.63, 3.8) is 0 Å². The van der Waals surface area contributed by atoms with Crippen LogP contribution in [0, 0.1) is 0 Å². The summed E-state index contributed by atoms with van der Waals surface area (Å²) in [5.41, 5.74) is 0.820. The van der Waals surface area contributed by atoms with Crippen LogP contribution in [-0.4, -0.2) is 30.8 Å². The number of aryl methyl sites for hydroxylation is 1. The summed E-state index contributed by atoms with van der Waals surface area (Å²) in [7, 11) is 0.0582. The predicted octanol–water partition coefficient (Wildman–Crippen LogP) is 2.24. The number of benzene rings is 1.